The van der Waals surface area contributed by atoms with E-state index in [-0.39, 0.29) is 28.5 Å². The van der Waals surface area contributed by atoms with Crippen molar-refractivity contribution >= 4 is 63.1 Å². The molecule has 1 aliphatic rings. The minimum Gasteiger partial charge on any atom is -0.342 e. The molecular formula is C28H30Cl2N6O2S2. The third kappa shape index (κ3) is 7.07. The molecule has 0 aliphatic heterocycles. The van der Waals surface area contributed by atoms with Gasteiger partial charge in [0.2, 0.25) is 5.91 Å². The quantitative estimate of drug-likeness (QED) is 0.180. The number of hydrogen-bond acceptors (Lipinski definition) is 7. The molecule has 0 fully saturated rings. The van der Waals surface area contributed by atoms with Gasteiger partial charge in [0, 0.05) is 16.4 Å². The normalized spacial score (nSPS) is 13.4. The topological polar surface area (TPSA) is 113 Å². The van der Waals surface area contributed by atoms with Crippen LogP contribution in [-0.4, -0.2) is 32.3 Å². The number of anilines is 1. The van der Waals surface area contributed by atoms with Crippen molar-refractivity contribution < 1.29 is 9.59 Å². The molecule has 3 aromatic rings. The average molecular weight is 618 g/mol. The van der Waals surface area contributed by atoms with Crippen LogP contribution in [0.25, 0.3) is 0 Å². The van der Waals surface area contributed by atoms with Gasteiger partial charge in [-0.2, -0.15) is 5.26 Å². The molecule has 2 heterocycles. The number of aromatic nitrogens is 3. The van der Waals surface area contributed by atoms with E-state index in [0.717, 1.165) is 31.2 Å². The predicted octanol–water partition coefficient (Wildman–Crippen LogP) is 6.83. The van der Waals surface area contributed by atoms with Crippen LogP contribution in [0.3, 0.4) is 0 Å². The smallest absolute Gasteiger partial charge is 0.253 e. The maximum absolute atomic E-state index is 13.1. The van der Waals surface area contributed by atoms with Crippen LogP contribution in [0.4, 0.5) is 5.00 Å². The number of nitrogens with one attached hydrogen (secondary N) is 2. The Morgan fingerprint density at radius 3 is 2.75 bits per heavy atom. The highest BCUT2D eigenvalue weighted by Crippen LogP contribution is 2.37. The minimum absolute atomic E-state index is 0.0876. The fourth-order valence-electron chi connectivity index (χ4n) is 4.64. The molecular weight excluding hydrogens is 587 g/mol. The van der Waals surface area contributed by atoms with Crippen LogP contribution < -0.4 is 10.6 Å². The highest BCUT2D eigenvalue weighted by molar-refractivity contribution is 7.99. The van der Waals surface area contributed by atoms with Gasteiger partial charge in [0.15, 0.2) is 11.0 Å². The van der Waals surface area contributed by atoms with Crippen LogP contribution >= 0.6 is 46.3 Å². The van der Waals surface area contributed by atoms with Crippen molar-refractivity contribution in [2.24, 2.45) is 5.92 Å². The van der Waals surface area contributed by atoms with Gasteiger partial charge in [-0.05, 0) is 61.8 Å². The Balaban J connectivity index is 1.50. The van der Waals surface area contributed by atoms with Gasteiger partial charge in [0.25, 0.3) is 5.91 Å². The van der Waals surface area contributed by atoms with Crippen molar-refractivity contribution in [3.8, 4) is 6.07 Å². The maximum Gasteiger partial charge on any atom is 0.253 e. The number of thiophene rings is 1. The van der Waals surface area contributed by atoms with Gasteiger partial charge in [0.1, 0.15) is 11.1 Å². The number of nitriles is 1. The number of halogens is 2. The zero-order chi connectivity index (χ0) is 28.8. The number of hydrogen-bond donors (Lipinski definition) is 2. The Bertz CT molecular complexity index is 1460. The number of benzene rings is 1. The summed E-state index contributed by atoms with van der Waals surface area (Å²) < 4.78 is 1.85. The summed E-state index contributed by atoms with van der Waals surface area (Å²) >= 11 is 15.0. The number of fused-ring (bicyclic) bond motifs is 1. The molecule has 1 aromatic carbocycles. The lowest BCUT2D eigenvalue weighted by Crippen LogP contribution is -2.32. The third-order valence-electron chi connectivity index (χ3n) is 6.43. The number of carbonyl (C=O) groups is 2. The number of allylic oxidation sites excluding steroid dienone is 1. The molecule has 0 saturated heterocycles. The second-order valence-electron chi connectivity index (χ2n) is 9.88. The number of amides is 2. The lowest BCUT2D eigenvalue weighted by Gasteiger charge is -2.21. The van der Waals surface area contributed by atoms with Crippen molar-refractivity contribution in [1.29, 1.82) is 5.26 Å². The lowest BCUT2D eigenvalue weighted by atomic mass is 9.96. The van der Waals surface area contributed by atoms with Crippen LogP contribution in [0.1, 0.15) is 71.3 Å². The van der Waals surface area contributed by atoms with E-state index in [1.807, 2.05) is 4.57 Å². The molecule has 2 N–H and O–H groups in total. The number of rotatable bonds is 11. The zero-order valence-electron chi connectivity index (χ0n) is 22.3. The van der Waals surface area contributed by atoms with E-state index in [0.29, 0.717) is 45.1 Å². The standard InChI is InChI=1S/C28H30Cl2N6O2S2/c1-4-11-36-25(22(12-16(2)3)32-26(38)19-10-9-17(29)13-21(19)30)34-35-28(36)39-15-24(37)33-27-20(14-31)18-7-5-6-8-23(18)40-27/h4,9-10,13,16,22H,1,5-8,11-12,15H2,2-3H3,(H,32,38)(H,33,37)/t22-/m1/s1. The lowest BCUT2D eigenvalue weighted by molar-refractivity contribution is -0.113. The molecule has 2 aromatic heterocycles. The number of aryl methyl sites for hydroxylation is 1. The minimum atomic E-state index is -0.453. The first-order chi connectivity index (χ1) is 19.2. The first kappa shape index (κ1) is 30.1. The van der Waals surface area contributed by atoms with Crippen molar-refractivity contribution in [2.45, 2.75) is 63.7 Å². The van der Waals surface area contributed by atoms with E-state index in [9.17, 15) is 14.9 Å². The van der Waals surface area contributed by atoms with Gasteiger partial charge in [-0.1, -0.05) is 54.9 Å². The van der Waals surface area contributed by atoms with E-state index in [1.54, 1.807) is 18.2 Å². The Hall–Kier alpha value is -2.84. The summed E-state index contributed by atoms with van der Waals surface area (Å²) in [6.45, 7) is 8.37. The average Bonchev–Trinajstić information content (AvgIpc) is 3.47. The summed E-state index contributed by atoms with van der Waals surface area (Å²) in [5.41, 5.74) is 1.98. The first-order valence-corrected chi connectivity index (χ1v) is 15.5. The molecule has 0 radical (unpaired) electrons. The van der Waals surface area contributed by atoms with Gasteiger partial charge in [-0.25, -0.2) is 0 Å². The summed E-state index contributed by atoms with van der Waals surface area (Å²) in [5.74, 6) is 0.324. The summed E-state index contributed by atoms with van der Waals surface area (Å²) in [7, 11) is 0. The third-order valence-corrected chi connectivity index (χ3v) is 9.15. The molecule has 0 unspecified atom stereocenters. The monoisotopic (exact) mass is 616 g/mol. The molecule has 12 heteroatoms. The molecule has 1 atom stereocenters. The fourth-order valence-corrected chi connectivity index (χ4v) is 7.15. The van der Waals surface area contributed by atoms with Gasteiger partial charge in [-0.15, -0.1) is 28.1 Å². The molecule has 210 valence electrons. The molecule has 40 heavy (non-hydrogen) atoms. The van der Waals surface area contributed by atoms with Crippen molar-refractivity contribution in [1.82, 2.24) is 20.1 Å². The van der Waals surface area contributed by atoms with E-state index in [1.165, 1.54) is 34.0 Å². The molecule has 0 saturated carbocycles. The summed E-state index contributed by atoms with van der Waals surface area (Å²) in [4.78, 5) is 27.2. The van der Waals surface area contributed by atoms with Crippen LogP contribution in [0, 0.1) is 17.2 Å². The maximum atomic E-state index is 13.1. The second-order valence-corrected chi connectivity index (χ2v) is 12.8. The number of nitrogens with zero attached hydrogens (tertiary/aromatic N) is 4. The summed E-state index contributed by atoms with van der Waals surface area (Å²) in [5, 5.41) is 26.3. The van der Waals surface area contributed by atoms with E-state index in [4.69, 9.17) is 23.2 Å². The van der Waals surface area contributed by atoms with Crippen LogP contribution in [-0.2, 0) is 24.2 Å². The van der Waals surface area contributed by atoms with Crippen molar-refractivity contribution in [3.05, 3.63) is 68.3 Å². The molecule has 8 nitrogen and oxygen atoms in total. The molecule has 0 bridgehead atoms. The van der Waals surface area contributed by atoms with E-state index < -0.39 is 6.04 Å². The van der Waals surface area contributed by atoms with Crippen LogP contribution in [0.5, 0.6) is 0 Å². The highest BCUT2D eigenvalue weighted by atomic mass is 35.5. The molecule has 0 spiro atoms. The molecule has 4 rings (SSSR count). The first-order valence-electron chi connectivity index (χ1n) is 13.0. The Morgan fingerprint density at radius 1 is 1.27 bits per heavy atom. The number of carbonyl (C=O) groups excluding carboxylic acids is 2. The van der Waals surface area contributed by atoms with Crippen LogP contribution in [0.15, 0.2) is 36.0 Å². The van der Waals surface area contributed by atoms with E-state index >= 15 is 0 Å². The van der Waals surface area contributed by atoms with E-state index in [2.05, 4.69) is 47.3 Å². The highest BCUT2D eigenvalue weighted by Gasteiger charge is 2.26. The SMILES string of the molecule is C=CCn1c(SCC(=O)Nc2sc3c(c2C#N)CCCC3)nnc1[C@@H](CC(C)C)NC(=O)c1ccc(Cl)cc1Cl. The fraction of sp³-hybridized carbons (Fsp3) is 0.393. The number of thioether (sulfide) groups is 1. The van der Waals surface area contributed by atoms with Gasteiger partial charge >= 0.3 is 0 Å². The largest absolute Gasteiger partial charge is 0.342 e. The van der Waals surface area contributed by atoms with Crippen molar-refractivity contribution in [2.75, 3.05) is 11.1 Å². The van der Waals surface area contributed by atoms with Gasteiger partial charge in [-0.3, -0.25) is 9.59 Å². The van der Waals surface area contributed by atoms with Gasteiger partial charge in [0.05, 0.1) is 27.9 Å². The van der Waals surface area contributed by atoms with Crippen LogP contribution in [0.2, 0.25) is 10.0 Å². The molecule has 2 amide bonds. The Labute approximate surface area is 252 Å². The predicted molar refractivity (Wildman–Crippen MR) is 161 cm³/mol. The zero-order valence-corrected chi connectivity index (χ0v) is 25.4. The van der Waals surface area contributed by atoms with Gasteiger partial charge < -0.3 is 15.2 Å². The Morgan fingerprint density at radius 2 is 2.05 bits per heavy atom. The summed E-state index contributed by atoms with van der Waals surface area (Å²) in [6, 6.07) is 6.55. The molecule has 1 aliphatic carbocycles. The summed E-state index contributed by atoms with van der Waals surface area (Å²) in [6.07, 6.45) is 6.33. The Kier molecular flexibility index (Phi) is 10.3. The second kappa shape index (κ2) is 13.7. The van der Waals surface area contributed by atoms with Crippen molar-refractivity contribution in [3.63, 3.8) is 0 Å².